The summed E-state index contributed by atoms with van der Waals surface area (Å²) < 4.78 is 30.9. The fourth-order valence-corrected chi connectivity index (χ4v) is 2.22. The molecule has 7 heteroatoms. The molecule has 1 radical (unpaired) electrons. The van der Waals surface area contributed by atoms with Gasteiger partial charge in [-0.25, -0.2) is 0 Å². The molecule has 0 fully saturated rings. The first kappa shape index (κ1) is 10.8. The summed E-state index contributed by atoms with van der Waals surface area (Å²) in [6, 6.07) is 3.63. The van der Waals surface area contributed by atoms with Crippen molar-refractivity contribution in [3.05, 3.63) is 36.4 Å². The van der Waals surface area contributed by atoms with Crippen molar-refractivity contribution < 1.29 is 22.6 Å². The van der Waals surface area contributed by atoms with Crippen LogP contribution < -0.4 is 0 Å². The Morgan fingerprint density at radius 2 is 1.81 bits per heavy atom. The Labute approximate surface area is 91.2 Å². The van der Waals surface area contributed by atoms with Gasteiger partial charge in [0.2, 0.25) is 0 Å². The van der Waals surface area contributed by atoms with Crippen LogP contribution in [-0.2, 0) is 10.1 Å². The lowest BCUT2D eigenvalue weighted by atomic mass is 10.1. The maximum Gasteiger partial charge on any atom is 0.295 e. The fraction of sp³-hybridized carbons (Fsp3) is 0. The van der Waals surface area contributed by atoms with Gasteiger partial charge in [-0.1, -0.05) is 6.07 Å². The van der Waals surface area contributed by atoms with E-state index in [-0.39, 0.29) is 11.1 Å². The van der Waals surface area contributed by atoms with Crippen molar-refractivity contribution in [2.45, 2.75) is 4.90 Å². The number of hydrogen-bond acceptors (Lipinski definition) is 4. The molecule has 1 N–H and O–H groups in total. The van der Waals surface area contributed by atoms with Crippen molar-refractivity contribution >= 4 is 21.9 Å². The van der Waals surface area contributed by atoms with Gasteiger partial charge in [-0.3, -0.25) is 19.0 Å². The van der Waals surface area contributed by atoms with Crippen molar-refractivity contribution in [2.75, 3.05) is 0 Å². The summed E-state index contributed by atoms with van der Waals surface area (Å²) in [5.74, 6) is -1.53. The molecule has 0 unspecified atom stereocenters. The molecule has 83 valence electrons. The predicted molar refractivity (Wildman–Crippen MR) is 52.1 cm³/mol. The van der Waals surface area contributed by atoms with E-state index < -0.39 is 26.8 Å². The Kier molecular flexibility index (Phi) is 2.11. The second-order valence-corrected chi connectivity index (χ2v) is 4.58. The molecule has 0 spiro atoms. The highest BCUT2D eigenvalue weighted by Crippen LogP contribution is 2.27. The van der Waals surface area contributed by atoms with Crippen LogP contribution in [0.5, 0.6) is 0 Å². The summed E-state index contributed by atoms with van der Waals surface area (Å²) in [7, 11) is -1.34. The third-order valence-corrected chi connectivity index (χ3v) is 3.13. The second-order valence-electron chi connectivity index (χ2n) is 3.19. The zero-order chi connectivity index (χ0) is 12.1. The zero-order valence-corrected chi connectivity index (χ0v) is 8.69. The molecule has 0 aliphatic carbocycles. The van der Waals surface area contributed by atoms with E-state index >= 15 is 0 Å². The molecule has 1 aromatic carbocycles. The minimum Gasteiger partial charge on any atom is -0.282 e. The van der Waals surface area contributed by atoms with Gasteiger partial charge in [0.05, 0.1) is 11.1 Å². The lowest BCUT2D eigenvalue weighted by Crippen LogP contribution is -2.22. The van der Waals surface area contributed by atoms with E-state index in [9.17, 15) is 18.0 Å². The molecule has 0 bridgehead atoms. The number of amides is 2. The van der Waals surface area contributed by atoms with Crippen LogP contribution in [0.15, 0.2) is 23.1 Å². The summed E-state index contributed by atoms with van der Waals surface area (Å²) in [6.07, 6.45) is 0. The number of fused-ring (bicyclic) bond motifs is 1. The molecular formula is C9H6NO5S. The van der Waals surface area contributed by atoms with Crippen molar-refractivity contribution in [2.24, 2.45) is 0 Å². The van der Waals surface area contributed by atoms with Crippen LogP contribution in [0.4, 0.5) is 0 Å². The lowest BCUT2D eigenvalue weighted by molar-refractivity contribution is 0.0715. The summed E-state index contributed by atoms with van der Waals surface area (Å²) in [5, 5.41) is 0. The summed E-state index contributed by atoms with van der Waals surface area (Å²) in [5.41, 5.74) is -0.403. The Hall–Kier alpha value is -1.73. The number of rotatable bonds is 1. The number of hydrogen-bond donors (Lipinski definition) is 1. The van der Waals surface area contributed by atoms with Gasteiger partial charge in [-0.2, -0.15) is 8.42 Å². The lowest BCUT2D eigenvalue weighted by Gasteiger charge is -2.03. The highest BCUT2D eigenvalue weighted by molar-refractivity contribution is 7.86. The van der Waals surface area contributed by atoms with Crippen molar-refractivity contribution in [3.63, 3.8) is 0 Å². The van der Waals surface area contributed by atoms with E-state index in [1.54, 1.807) is 0 Å². The summed E-state index contributed by atoms with van der Waals surface area (Å²) in [6.45, 7) is 0. The number of carbonyl (C=O) groups is 2. The Morgan fingerprint density at radius 1 is 1.19 bits per heavy atom. The molecule has 1 heterocycles. The van der Waals surface area contributed by atoms with Crippen LogP contribution in [-0.4, -0.2) is 29.7 Å². The van der Waals surface area contributed by atoms with Gasteiger partial charge in [-0.15, -0.1) is 0 Å². The largest absolute Gasteiger partial charge is 0.295 e. The molecule has 0 saturated carbocycles. The maximum absolute atomic E-state index is 11.5. The summed E-state index contributed by atoms with van der Waals surface area (Å²) >= 11 is 0. The molecule has 0 saturated heterocycles. The highest BCUT2D eigenvalue weighted by atomic mass is 32.2. The normalized spacial score (nSPS) is 15.5. The Bertz CT molecular complexity index is 604. The van der Waals surface area contributed by atoms with Crippen molar-refractivity contribution in [3.8, 4) is 0 Å². The second kappa shape index (κ2) is 3.13. The molecular weight excluding hydrogens is 234 g/mol. The first-order valence-electron chi connectivity index (χ1n) is 4.14. The van der Waals surface area contributed by atoms with Gasteiger partial charge in [0.1, 0.15) is 4.90 Å². The third-order valence-electron chi connectivity index (χ3n) is 2.24. The molecule has 2 amide bonds. The standard InChI is InChI=1S/C9H6NO5S/c1-10-8(11)5-3-2-4-6(16(13,14)15)7(5)9(10)12/h2-4H,1H2,(H,13,14,15). The Morgan fingerprint density at radius 3 is 2.38 bits per heavy atom. The molecule has 0 atom stereocenters. The van der Waals surface area contributed by atoms with E-state index in [0.717, 1.165) is 6.07 Å². The SMILES string of the molecule is [CH2]N1C(=O)c2cccc(S(=O)(=O)O)c2C1=O. The maximum atomic E-state index is 11.5. The Balaban J connectivity index is 2.83. The number of imide groups is 1. The van der Waals surface area contributed by atoms with E-state index in [0.29, 0.717) is 4.90 Å². The summed E-state index contributed by atoms with van der Waals surface area (Å²) in [4.78, 5) is 23.0. The number of carbonyl (C=O) groups excluding carboxylic acids is 2. The topological polar surface area (TPSA) is 91.8 Å². The fourth-order valence-electron chi connectivity index (χ4n) is 1.52. The van der Waals surface area contributed by atoms with Crippen LogP contribution in [0.25, 0.3) is 0 Å². The minimum atomic E-state index is -4.54. The molecule has 0 aromatic heterocycles. The van der Waals surface area contributed by atoms with Gasteiger partial charge in [0.25, 0.3) is 21.9 Å². The minimum absolute atomic E-state index is 0.0740. The third kappa shape index (κ3) is 1.33. The van der Waals surface area contributed by atoms with E-state index in [2.05, 4.69) is 7.05 Å². The molecule has 1 aromatic rings. The predicted octanol–water partition coefficient (Wildman–Crippen LogP) is 0.321. The van der Waals surface area contributed by atoms with Crippen LogP contribution in [0.1, 0.15) is 20.7 Å². The molecule has 6 nitrogen and oxygen atoms in total. The highest BCUT2D eigenvalue weighted by Gasteiger charge is 2.37. The van der Waals surface area contributed by atoms with Crippen LogP contribution in [0.3, 0.4) is 0 Å². The van der Waals surface area contributed by atoms with Crippen molar-refractivity contribution in [1.29, 1.82) is 0 Å². The average molecular weight is 240 g/mol. The van der Waals surface area contributed by atoms with Gasteiger partial charge in [0.15, 0.2) is 0 Å². The smallest absolute Gasteiger partial charge is 0.282 e. The van der Waals surface area contributed by atoms with Gasteiger partial charge in [-0.05, 0) is 12.1 Å². The number of nitrogens with zero attached hydrogens (tertiary/aromatic N) is 1. The first-order chi connectivity index (χ1) is 7.34. The zero-order valence-electron chi connectivity index (χ0n) is 7.87. The van der Waals surface area contributed by atoms with Gasteiger partial charge >= 0.3 is 0 Å². The molecule has 16 heavy (non-hydrogen) atoms. The van der Waals surface area contributed by atoms with E-state index in [1.807, 2.05) is 0 Å². The molecule has 2 rings (SSSR count). The molecule has 1 aliphatic heterocycles. The van der Waals surface area contributed by atoms with Crippen LogP contribution in [0, 0.1) is 7.05 Å². The molecule has 1 aliphatic rings. The average Bonchev–Trinajstić information content (AvgIpc) is 2.43. The quantitative estimate of drug-likeness (QED) is 0.563. The van der Waals surface area contributed by atoms with E-state index in [4.69, 9.17) is 4.55 Å². The van der Waals surface area contributed by atoms with Gasteiger partial charge < -0.3 is 0 Å². The van der Waals surface area contributed by atoms with Crippen LogP contribution >= 0.6 is 0 Å². The monoisotopic (exact) mass is 240 g/mol. The number of benzene rings is 1. The van der Waals surface area contributed by atoms with Gasteiger partial charge in [0, 0.05) is 7.05 Å². The first-order valence-corrected chi connectivity index (χ1v) is 5.58. The van der Waals surface area contributed by atoms with Crippen LogP contribution in [0.2, 0.25) is 0 Å². The van der Waals surface area contributed by atoms with E-state index in [1.165, 1.54) is 12.1 Å². The van der Waals surface area contributed by atoms with Crippen molar-refractivity contribution in [1.82, 2.24) is 4.90 Å².